The Balaban J connectivity index is 3.10. The Morgan fingerprint density at radius 1 is 1.55 bits per heavy atom. The Labute approximate surface area is 66.2 Å². The molecule has 1 N–H and O–H groups in total. The zero-order chi connectivity index (χ0) is 8.43. The minimum absolute atomic E-state index is 0.572. The van der Waals surface area contributed by atoms with Crippen molar-refractivity contribution in [1.82, 2.24) is 4.90 Å². The van der Waals surface area contributed by atoms with Gasteiger partial charge in [0.25, 0.3) is 0 Å². The van der Waals surface area contributed by atoms with Crippen LogP contribution in [0.3, 0.4) is 0 Å². The SMILES string of the molecule is CC1=CC(C)=NC(=C=N)N1C. The van der Waals surface area contributed by atoms with Gasteiger partial charge in [-0.2, -0.15) is 0 Å². The molecule has 0 bridgehead atoms. The van der Waals surface area contributed by atoms with Gasteiger partial charge in [-0.05, 0) is 19.9 Å². The average molecular weight is 149 g/mol. The van der Waals surface area contributed by atoms with Crippen LogP contribution in [0.4, 0.5) is 0 Å². The third-order valence-corrected chi connectivity index (χ3v) is 1.66. The minimum atomic E-state index is 0.572. The van der Waals surface area contributed by atoms with Crippen LogP contribution in [-0.2, 0) is 0 Å². The summed E-state index contributed by atoms with van der Waals surface area (Å²) < 4.78 is 0. The molecule has 0 amide bonds. The van der Waals surface area contributed by atoms with E-state index in [1.807, 2.05) is 31.9 Å². The summed E-state index contributed by atoms with van der Waals surface area (Å²) in [6, 6.07) is 0. The van der Waals surface area contributed by atoms with Gasteiger partial charge in [0, 0.05) is 24.3 Å². The van der Waals surface area contributed by atoms with Gasteiger partial charge < -0.3 is 4.90 Å². The second kappa shape index (κ2) is 2.72. The summed E-state index contributed by atoms with van der Waals surface area (Å²) in [7, 11) is 1.87. The summed E-state index contributed by atoms with van der Waals surface area (Å²) in [5, 5.41) is 6.94. The van der Waals surface area contributed by atoms with Crippen molar-refractivity contribution in [3.8, 4) is 0 Å². The number of hydrogen-bond acceptors (Lipinski definition) is 3. The maximum atomic E-state index is 6.94. The van der Waals surface area contributed by atoms with Crippen LogP contribution < -0.4 is 0 Å². The second-order valence-electron chi connectivity index (χ2n) is 2.55. The summed E-state index contributed by atoms with van der Waals surface area (Å²) in [5.74, 6) is 2.85. The van der Waals surface area contributed by atoms with Crippen molar-refractivity contribution in [2.75, 3.05) is 7.05 Å². The number of nitrogens with one attached hydrogen (secondary N) is 1. The summed E-state index contributed by atoms with van der Waals surface area (Å²) in [4.78, 5) is 5.95. The van der Waals surface area contributed by atoms with E-state index in [1.165, 1.54) is 0 Å². The zero-order valence-corrected chi connectivity index (χ0v) is 6.97. The molecule has 1 rings (SSSR count). The van der Waals surface area contributed by atoms with Crippen LogP contribution in [0.2, 0.25) is 0 Å². The van der Waals surface area contributed by atoms with Gasteiger partial charge in [-0.15, -0.1) is 0 Å². The van der Waals surface area contributed by atoms with Gasteiger partial charge in [-0.1, -0.05) is 0 Å². The maximum absolute atomic E-state index is 6.94. The lowest BCUT2D eigenvalue weighted by atomic mass is 10.3. The maximum Gasteiger partial charge on any atom is 0.196 e. The van der Waals surface area contributed by atoms with E-state index in [-0.39, 0.29) is 0 Å². The number of nitrogens with zero attached hydrogens (tertiary/aromatic N) is 2. The first-order valence-corrected chi connectivity index (χ1v) is 3.42. The fourth-order valence-electron chi connectivity index (χ4n) is 0.952. The monoisotopic (exact) mass is 149 g/mol. The number of allylic oxidation sites excluding steroid dienone is 2. The van der Waals surface area contributed by atoms with Gasteiger partial charge in [0.15, 0.2) is 5.82 Å². The molecule has 0 aromatic carbocycles. The van der Waals surface area contributed by atoms with Gasteiger partial charge in [-0.3, -0.25) is 5.41 Å². The standard InChI is InChI=1S/C8H11N3/c1-6-4-7(2)11(3)8(5-9)10-6/h4,9H,1-3H3. The number of aliphatic imine (C=N–C) groups is 1. The Kier molecular flexibility index (Phi) is 1.92. The van der Waals surface area contributed by atoms with Crippen molar-refractivity contribution < 1.29 is 0 Å². The van der Waals surface area contributed by atoms with Crippen molar-refractivity contribution in [3.05, 3.63) is 17.6 Å². The quantitative estimate of drug-likeness (QED) is 0.519. The van der Waals surface area contributed by atoms with E-state index in [0.717, 1.165) is 11.4 Å². The fraction of sp³-hybridized carbons (Fsp3) is 0.375. The van der Waals surface area contributed by atoms with E-state index in [4.69, 9.17) is 5.41 Å². The molecule has 0 unspecified atom stereocenters. The number of hydrogen-bond donors (Lipinski definition) is 1. The van der Waals surface area contributed by atoms with Crippen LogP contribution in [0.1, 0.15) is 13.8 Å². The molecule has 3 heteroatoms. The Bertz CT molecular complexity index is 280. The Morgan fingerprint density at radius 2 is 2.18 bits per heavy atom. The van der Waals surface area contributed by atoms with E-state index in [0.29, 0.717) is 5.82 Å². The first kappa shape index (κ1) is 7.76. The molecule has 0 radical (unpaired) electrons. The van der Waals surface area contributed by atoms with Crippen LogP contribution in [-0.4, -0.2) is 23.5 Å². The molecule has 1 heterocycles. The predicted molar refractivity (Wildman–Crippen MR) is 45.9 cm³/mol. The van der Waals surface area contributed by atoms with E-state index in [2.05, 4.69) is 10.9 Å². The molecule has 11 heavy (non-hydrogen) atoms. The summed E-state index contributed by atoms with van der Waals surface area (Å²) in [6.07, 6.45) is 1.97. The highest BCUT2D eigenvalue weighted by molar-refractivity contribution is 5.95. The molecular formula is C8H11N3. The highest BCUT2D eigenvalue weighted by Gasteiger charge is 2.09. The average Bonchev–Trinajstić information content (AvgIpc) is 1.96. The molecule has 0 saturated carbocycles. The molecule has 58 valence electrons. The van der Waals surface area contributed by atoms with Crippen LogP contribution >= 0.6 is 0 Å². The van der Waals surface area contributed by atoms with Gasteiger partial charge >= 0.3 is 0 Å². The van der Waals surface area contributed by atoms with Crippen molar-refractivity contribution >= 4 is 11.6 Å². The van der Waals surface area contributed by atoms with Crippen LogP contribution in [0.15, 0.2) is 22.6 Å². The largest absolute Gasteiger partial charge is 0.326 e. The molecular weight excluding hydrogens is 138 g/mol. The van der Waals surface area contributed by atoms with E-state index < -0.39 is 0 Å². The Hall–Kier alpha value is -1.34. The number of rotatable bonds is 0. The van der Waals surface area contributed by atoms with Crippen molar-refractivity contribution in [1.29, 1.82) is 5.41 Å². The molecule has 1 aliphatic rings. The first-order chi connectivity index (χ1) is 5.15. The molecule has 0 spiro atoms. The lowest BCUT2D eigenvalue weighted by Gasteiger charge is -2.21. The molecule has 0 atom stereocenters. The smallest absolute Gasteiger partial charge is 0.196 e. The highest BCUT2D eigenvalue weighted by Crippen LogP contribution is 2.13. The van der Waals surface area contributed by atoms with E-state index in [9.17, 15) is 0 Å². The molecule has 0 saturated heterocycles. The van der Waals surface area contributed by atoms with Gasteiger partial charge in [0.05, 0.1) is 0 Å². The topological polar surface area (TPSA) is 39.5 Å². The summed E-state index contributed by atoms with van der Waals surface area (Å²) in [5.41, 5.74) is 2.02. The van der Waals surface area contributed by atoms with E-state index >= 15 is 0 Å². The highest BCUT2D eigenvalue weighted by atomic mass is 15.2. The molecule has 0 aromatic heterocycles. The van der Waals surface area contributed by atoms with Crippen LogP contribution in [0.5, 0.6) is 0 Å². The van der Waals surface area contributed by atoms with Gasteiger partial charge in [-0.25, -0.2) is 4.99 Å². The molecule has 0 fully saturated rings. The minimum Gasteiger partial charge on any atom is -0.326 e. The third kappa shape index (κ3) is 1.38. The predicted octanol–water partition coefficient (Wildman–Crippen LogP) is 1.39. The van der Waals surface area contributed by atoms with Gasteiger partial charge in [0.2, 0.25) is 0 Å². The van der Waals surface area contributed by atoms with Gasteiger partial charge in [0.1, 0.15) is 0 Å². The molecule has 3 nitrogen and oxygen atoms in total. The van der Waals surface area contributed by atoms with Crippen LogP contribution in [0, 0.1) is 5.41 Å². The molecule has 0 aliphatic carbocycles. The summed E-state index contributed by atoms with van der Waals surface area (Å²) in [6.45, 7) is 3.89. The summed E-state index contributed by atoms with van der Waals surface area (Å²) >= 11 is 0. The second-order valence-corrected chi connectivity index (χ2v) is 2.55. The third-order valence-electron chi connectivity index (χ3n) is 1.66. The van der Waals surface area contributed by atoms with Crippen molar-refractivity contribution in [2.24, 2.45) is 4.99 Å². The Morgan fingerprint density at radius 3 is 2.73 bits per heavy atom. The van der Waals surface area contributed by atoms with Crippen molar-refractivity contribution in [2.45, 2.75) is 13.8 Å². The fourth-order valence-corrected chi connectivity index (χ4v) is 0.952. The van der Waals surface area contributed by atoms with Crippen LogP contribution in [0.25, 0.3) is 0 Å². The van der Waals surface area contributed by atoms with E-state index in [1.54, 1.807) is 0 Å². The van der Waals surface area contributed by atoms with Crippen molar-refractivity contribution in [3.63, 3.8) is 0 Å². The molecule has 0 aromatic rings. The first-order valence-electron chi connectivity index (χ1n) is 3.42. The lowest BCUT2D eigenvalue weighted by molar-refractivity contribution is 0.517. The molecule has 1 aliphatic heterocycles. The lowest BCUT2D eigenvalue weighted by Crippen LogP contribution is -2.19. The normalized spacial score (nSPS) is 17.4. The zero-order valence-electron chi connectivity index (χ0n) is 6.97.